The Labute approximate surface area is 117 Å². The van der Waals surface area contributed by atoms with Crippen LogP contribution < -0.4 is 5.32 Å². The van der Waals surface area contributed by atoms with Crippen LogP contribution in [0.5, 0.6) is 0 Å². The van der Waals surface area contributed by atoms with E-state index in [1.807, 2.05) is 6.92 Å². The largest absolute Gasteiger partial charge is 0.444 e. The number of hydrogen-bond donors (Lipinski definition) is 1. The van der Waals surface area contributed by atoms with Gasteiger partial charge in [-0.1, -0.05) is 6.92 Å². The summed E-state index contributed by atoms with van der Waals surface area (Å²) in [4.78, 5) is 28.0. The van der Waals surface area contributed by atoms with Crippen LogP contribution in [0.4, 0.5) is 4.79 Å². The van der Waals surface area contributed by atoms with Gasteiger partial charge < -0.3 is 10.1 Å². The third-order valence-corrected chi connectivity index (χ3v) is 3.17. The summed E-state index contributed by atoms with van der Waals surface area (Å²) in [5, 5.41) is 2.72. The van der Waals surface area contributed by atoms with Gasteiger partial charge in [0.25, 0.3) is 0 Å². The highest BCUT2D eigenvalue weighted by molar-refractivity contribution is 7.11. The second-order valence-electron chi connectivity index (χ2n) is 5.24. The summed E-state index contributed by atoms with van der Waals surface area (Å²) in [6, 6.07) is -0.218. The molecule has 0 bridgehead atoms. The molecule has 0 aliphatic carbocycles. The van der Waals surface area contributed by atoms with Gasteiger partial charge in [0.2, 0.25) is 0 Å². The fourth-order valence-corrected chi connectivity index (χ4v) is 2.02. The summed E-state index contributed by atoms with van der Waals surface area (Å²) in [5.74, 6) is -0.00888. The number of thiazole rings is 1. The number of nitrogens with zero attached hydrogens (tertiary/aromatic N) is 1. The maximum absolute atomic E-state index is 11.9. The molecule has 1 aromatic rings. The number of carbonyl (C=O) groups excluding carboxylic acids is 2. The number of alkyl carbamates (subject to hydrolysis) is 1. The lowest BCUT2D eigenvalue weighted by Gasteiger charge is -2.22. The predicted molar refractivity (Wildman–Crippen MR) is 74.5 cm³/mol. The van der Waals surface area contributed by atoms with Crippen molar-refractivity contribution in [2.45, 2.75) is 52.2 Å². The molecule has 0 radical (unpaired) electrons. The number of rotatable bonds is 5. The highest BCUT2D eigenvalue weighted by Crippen LogP contribution is 2.12. The number of hydrogen-bond acceptors (Lipinski definition) is 5. The monoisotopic (exact) mass is 284 g/mol. The van der Waals surface area contributed by atoms with Crippen LogP contribution in [0.1, 0.15) is 50.2 Å². The van der Waals surface area contributed by atoms with Gasteiger partial charge in [0.1, 0.15) is 5.60 Å². The summed E-state index contributed by atoms with van der Waals surface area (Å²) in [6.45, 7) is 7.32. The Kier molecular flexibility index (Phi) is 5.47. The fraction of sp³-hybridized carbons (Fsp3) is 0.615. The van der Waals surface area contributed by atoms with E-state index in [1.54, 1.807) is 32.5 Å². The lowest BCUT2D eigenvalue weighted by Crippen LogP contribution is -2.39. The molecule has 0 aliphatic rings. The molecule has 0 saturated heterocycles. The number of carbonyl (C=O) groups is 2. The topological polar surface area (TPSA) is 68.3 Å². The predicted octanol–water partition coefficient (Wildman–Crippen LogP) is 3.02. The van der Waals surface area contributed by atoms with Crippen LogP contribution in [0.15, 0.2) is 11.7 Å². The number of Topliss-reactive ketones (excluding diaryl/α,β-unsaturated/α-hetero) is 1. The number of aromatic nitrogens is 1. The second-order valence-corrected chi connectivity index (χ2v) is 6.13. The Balaban J connectivity index is 2.50. The van der Waals surface area contributed by atoms with E-state index in [9.17, 15) is 9.59 Å². The van der Waals surface area contributed by atoms with Crippen LogP contribution in [0.3, 0.4) is 0 Å². The molecule has 106 valence electrons. The van der Waals surface area contributed by atoms with Crippen molar-refractivity contribution in [3.05, 3.63) is 16.6 Å². The molecule has 1 N–H and O–H groups in total. The van der Waals surface area contributed by atoms with Gasteiger partial charge in [-0.3, -0.25) is 9.78 Å². The van der Waals surface area contributed by atoms with Gasteiger partial charge in [-0.25, -0.2) is 4.79 Å². The third kappa shape index (κ3) is 5.83. The van der Waals surface area contributed by atoms with Crippen molar-refractivity contribution >= 4 is 23.2 Å². The van der Waals surface area contributed by atoms with Crippen LogP contribution in [-0.2, 0) is 4.74 Å². The maximum atomic E-state index is 11.9. The van der Waals surface area contributed by atoms with E-state index in [-0.39, 0.29) is 18.2 Å². The highest BCUT2D eigenvalue weighted by atomic mass is 32.1. The van der Waals surface area contributed by atoms with E-state index in [1.165, 1.54) is 11.3 Å². The van der Waals surface area contributed by atoms with Crippen molar-refractivity contribution in [1.82, 2.24) is 10.3 Å². The molecular formula is C13H20N2O3S. The van der Waals surface area contributed by atoms with Crippen molar-refractivity contribution in [3.63, 3.8) is 0 Å². The van der Waals surface area contributed by atoms with Gasteiger partial charge in [0.05, 0.1) is 10.4 Å². The van der Waals surface area contributed by atoms with E-state index in [2.05, 4.69) is 10.3 Å². The Morgan fingerprint density at radius 3 is 2.63 bits per heavy atom. The SMILES string of the molecule is CCC(CC(=O)c1cncs1)NC(=O)OC(C)(C)C. The van der Waals surface area contributed by atoms with Crippen LogP contribution in [0.2, 0.25) is 0 Å². The van der Waals surface area contributed by atoms with Crippen LogP contribution in [-0.4, -0.2) is 28.5 Å². The zero-order valence-electron chi connectivity index (χ0n) is 11.7. The molecule has 0 saturated carbocycles. The van der Waals surface area contributed by atoms with Gasteiger partial charge in [0.15, 0.2) is 5.78 Å². The van der Waals surface area contributed by atoms with Gasteiger partial charge in [-0.05, 0) is 27.2 Å². The lowest BCUT2D eigenvalue weighted by atomic mass is 10.1. The number of amides is 1. The molecule has 1 rings (SSSR count). The normalized spacial score (nSPS) is 12.8. The zero-order chi connectivity index (χ0) is 14.5. The first kappa shape index (κ1) is 15.6. The Bertz CT molecular complexity index is 424. The van der Waals surface area contributed by atoms with E-state index >= 15 is 0 Å². The molecule has 0 aromatic carbocycles. The molecule has 1 amide bonds. The molecule has 0 spiro atoms. The quantitative estimate of drug-likeness (QED) is 0.844. The van der Waals surface area contributed by atoms with Crippen molar-refractivity contribution < 1.29 is 14.3 Å². The van der Waals surface area contributed by atoms with Gasteiger partial charge in [0, 0.05) is 18.7 Å². The van der Waals surface area contributed by atoms with Gasteiger partial charge in [-0.2, -0.15) is 0 Å². The van der Waals surface area contributed by atoms with Gasteiger partial charge in [-0.15, -0.1) is 11.3 Å². The molecule has 5 nitrogen and oxygen atoms in total. The molecule has 19 heavy (non-hydrogen) atoms. The molecule has 1 heterocycles. The second kappa shape index (κ2) is 6.65. The average molecular weight is 284 g/mol. The average Bonchev–Trinajstić information content (AvgIpc) is 2.78. The first-order valence-corrected chi connectivity index (χ1v) is 7.11. The summed E-state index contributed by atoms with van der Waals surface area (Å²) >= 11 is 1.31. The minimum Gasteiger partial charge on any atom is -0.444 e. The number of ketones is 1. The smallest absolute Gasteiger partial charge is 0.407 e. The summed E-state index contributed by atoms with van der Waals surface area (Å²) in [6.07, 6.45) is 1.99. The van der Waals surface area contributed by atoms with E-state index < -0.39 is 11.7 Å². The molecule has 1 atom stereocenters. The van der Waals surface area contributed by atoms with E-state index in [0.717, 1.165) is 0 Å². The van der Waals surface area contributed by atoms with Crippen LogP contribution in [0.25, 0.3) is 0 Å². The third-order valence-electron chi connectivity index (χ3n) is 2.35. The van der Waals surface area contributed by atoms with Crippen molar-refractivity contribution in [3.8, 4) is 0 Å². The summed E-state index contributed by atoms with van der Waals surface area (Å²) in [7, 11) is 0. The van der Waals surface area contributed by atoms with Crippen molar-refractivity contribution in [2.75, 3.05) is 0 Å². The molecule has 1 unspecified atom stereocenters. The highest BCUT2D eigenvalue weighted by Gasteiger charge is 2.21. The summed E-state index contributed by atoms with van der Waals surface area (Å²) < 4.78 is 5.17. The Morgan fingerprint density at radius 2 is 2.16 bits per heavy atom. The first-order chi connectivity index (χ1) is 8.81. The molecule has 1 aromatic heterocycles. The molecule has 0 aliphatic heterocycles. The molecular weight excluding hydrogens is 264 g/mol. The van der Waals surface area contributed by atoms with E-state index in [4.69, 9.17) is 4.74 Å². The lowest BCUT2D eigenvalue weighted by molar-refractivity contribution is 0.0500. The Hall–Kier alpha value is -1.43. The standard InChI is InChI=1S/C13H20N2O3S/c1-5-9(15-12(17)18-13(2,3)4)6-10(16)11-7-14-8-19-11/h7-9H,5-6H2,1-4H3,(H,15,17). The first-order valence-electron chi connectivity index (χ1n) is 6.23. The number of ether oxygens (including phenoxy) is 1. The van der Waals surface area contributed by atoms with Gasteiger partial charge >= 0.3 is 6.09 Å². The maximum Gasteiger partial charge on any atom is 0.407 e. The fourth-order valence-electron chi connectivity index (χ4n) is 1.45. The number of nitrogens with one attached hydrogen (secondary N) is 1. The van der Waals surface area contributed by atoms with E-state index in [0.29, 0.717) is 11.3 Å². The zero-order valence-corrected chi connectivity index (χ0v) is 12.5. The summed E-state index contributed by atoms with van der Waals surface area (Å²) in [5.41, 5.74) is 1.08. The Morgan fingerprint density at radius 1 is 1.47 bits per heavy atom. The minimum absolute atomic E-state index is 0.00888. The molecule has 6 heteroatoms. The molecule has 0 fully saturated rings. The minimum atomic E-state index is -0.538. The van der Waals surface area contributed by atoms with Crippen molar-refractivity contribution in [2.24, 2.45) is 0 Å². The van der Waals surface area contributed by atoms with Crippen LogP contribution in [0, 0.1) is 0 Å². The van der Waals surface area contributed by atoms with Crippen molar-refractivity contribution in [1.29, 1.82) is 0 Å². The van der Waals surface area contributed by atoms with Crippen LogP contribution >= 0.6 is 11.3 Å².